The molecule has 1 aromatic rings. The third-order valence-electron chi connectivity index (χ3n) is 1.65. The minimum atomic E-state index is 0.143. The Morgan fingerprint density at radius 1 is 1.70 bits per heavy atom. The van der Waals surface area contributed by atoms with Gasteiger partial charge in [-0.05, 0) is 12.8 Å². The quantitative estimate of drug-likeness (QED) is 0.702. The Kier molecular flexibility index (Phi) is 1.47. The van der Waals surface area contributed by atoms with E-state index in [1.54, 1.807) is 17.5 Å². The van der Waals surface area contributed by atoms with Crippen LogP contribution in [0.5, 0.6) is 0 Å². The number of hydrogen-bond donors (Lipinski definition) is 1. The van der Waals surface area contributed by atoms with Gasteiger partial charge in [-0.1, -0.05) is 0 Å². The van der Waals surface area contributed by atoms with Gasteiger partial charge in [-0.15, -0.1) is 11.3 Å². The molecule has 0 aromatic carbocycles. The van der Waals surface area contributed by atoms with Crippen molar-refractivity contribution in [3.8, 4) is 0 Å². The van der Waals surface area contributed by atoms with E-state index in [1.165, 1.54) is 17.8 Å². The molecule has 0 radical (unpaired) electrons. The van der Waals surface area contributed by atoms with Gasteiger partial charge >= 0.3 is 0 Å². The molecule has 2 nitrogen and oxygen atoms in total. The molecule has 0 bridgehead atoms. The average Bonchev–Trinajstić information content (AvgIpc) is 2.70. The molecule has 2 rings (SSSR count). The number of aliphatic hydroxyl groups excluding tert-OH is 1. The van der Waals surface area contributed by atoms with Gasteiger partial charge in [0.1, 0.15) is 0 Å². The summed E-state index contributed by atoms with van der Waals surface area (Å²) in [5.41, 5.74) is 0. The molecular formula is C7H9NOS. The second kappa shape index (κ2) is 2.32. The van der Waals surface area contributed by atoms with E-state index in [0.717, 1.165) is 10.8 Å². The highest BCUT2D eigenvalue weighted by Crippen LogP contribution is 2.41. The minimum absolute atomic E-state index is 0.143. The van der Waals surface area contributed by atoms with E-state index in [9.17, 15) is 0 Å². The van der Waals surface area contributed by atoms with Crippen molar-refractivity contribution in [2.75, 3.05) is 0 Å². The van der Waals surface area contributed by atoms with Crippen LogP contribution in [0.2, 0.25) is 0 Å². The van der Waals surface area contributed by atoms with E-state index in [4.69, 9.17) is 5.11 Å². The molecule has 54 valence electrons. The van der Waals surface area contributed by atoms with Crippen LogP contribution in [-0.2, 0) is 6.61 Å². The van der Waals surface area contributed by atoms with Crippen molar-refractivity contribution >= 4 is 11.3 Å². The van der Waals surface area contributed by atoms with Crippen LogP contribution in [0.25, 0.3) is 0 Å². The van der Waals surface area contributed by atoms with Gasteiger partial charge in [0.15, 0.2) is 0 Å². The second-order valence-corrected chi connectivity index (χ2v) is 3.74. The van der Waals surface area contributed by atoms with Crippen LogP contribution < -0.4 is 0 Å². The highest BCUT2D eigenvalue weighted by Gasteiger charge is 2.26. The molecule has 1 N–H and O–H groups in total. The Morgan fingerprint density at radius 2 is 2.50 bits per heavy atom. The van der Waals surface area contributed by atoms with Gasteiger partial charge in [0.25, 0.3) is 0 Å². The number of rotatable bonds is 2. The molecular weight excluding hydrogens is 146 g/mol. The molecule has 0 saturated heterocycles. The van der Waals surface area contributed by atoms with Gasteiger partial charge in [-0.2, -0.15) is 0 Å². The Balaban J connectivity index is 2.19. The summed E-state index contributed by atoms with van der Waals surface area (Å²) in [4.78, 5) is 5.20. The van der Waals surface area contributed by atoms with Crippen LogP contribution in [0.3, 0.4) is 0 Å². The highest BCUT2D eigenvalue weighted by atomic mass is 32.1. The zero-order chi connectivity index (χ0) is 6.97. The van der Waals surface area contributed by atoms with Gasteiger partial charge in [0, 0.05) is 12.1 Å². The minimum Gasteiger partial charge on any atom is -0.391 e. The molecule has 0 aliphatic heterocycles. The smallest absolute Gasteiger partial charge is 0.0959 e. The molecule has 0 amide bonds. The molecule has 10 heavy (non-hydrogen) atoms. The predicted molar refractivity (Wildman–Crippen MR) is 40.0 cm³/mol. The summed E-state index contributed by atoms with van der Waals surface area (Å²) in [6.07, 6.45) is 4.36. The SMILES string of the molecule is OCc1cnc(C2CC2)s1. The van der Waals surface area contributed by atoms with Crippen LogP contribution in [0, 0.1) is 0 Å². The van der Waals surface area contributed by atoms with E-state index in [0.29, 0.717) is 0 Å². The molecule has 1 aliphatic rings. The monoisotopic (exact) mass is 155 g/mol. The average molecular weight is 155 g/mol. The first-order valence-corrected chi connectivity index (χ1v) is 4.27. The van der Waals surface area contributed by atoms with E-state index in [1.807, 2.05) is 0 Å². The molecule has 1 fully saturated rings. The van der Waals surface area contributed by atoms with Crippen molar-refractivity contribution in [3.05, 3.63) is 16.1 Å². The fourth-order valence-corrected chi connectivity index (χ4v) is 1.86. The standard InChI is InChI=1S/C7H9NOS/c9-4-6-3-8-7(10-6)5-1-2-5/h3,5,9H,1-2,4H2. The number of hydrogen-bond acceptors (Lipinski definition) is 3. The maximum Gasteiger partial charge on any atom is 0.0959 e. The molecule has 1 aliphatic carbocycles. The first-order chi connectivity index (χ1) is 4.90. The number of aliphatic hydroxyl groups is 1. The van der Waals surface area contributed by atoms with Crippen LogP contribution in [-0.4, -0.2) is 10.1 Å². The molecule has 1 heterocycles. The van der Waals surface area contributed by atoms with Gasteiger partial charge in [0.05, 0.1) is 16.5 Å². The molecule has 0 atom stereocenters. The van der Waals surface area contributed by atoms with E-state index in [2.05, 4.69) is 4.98 Å². The molecule has 1 aromatic heterocycles. The molecule has 3 heteroatoms. The van der Waals surface area contributed by atoms with Crippen molar-refractivity contribution in [2.24, 2.45) is 0 Å². The topological polar surface area (TPSA) is 33.1 Å². The Labute approximate surface area is 63.5 Å². The van der Waals surface area contributed by atoms with Crippen LogP contribution >= 0.6 is 11.3 Å². The Bertz CT molecular complexity index is 229. The first-order valence-electron chi connectivity index (χ1n) is 3.45. The highest BCUT2D eigenvalue weighted by molar-refractivity contribution is 7.11. The summed E-state index contributed by atoms with van der Waals surface area (Å²) in [5, 5.41) is 9.94. The van der Waals surface area contributed by atoms with Crippen molar-refractivity contribution in [3.63, 3.8) is 0 Å². The summed E-state index contributed by atoms with van der Waals surface area (Å²) < 4.78 is 0. The number of thiazole rings is 1. The lowest BCUT2D eigenvalue weighted by Gasteiger charge is -1.83. The number of aromatic nitrogens is 1. The third kappa shape index (κ3) is 1.07. The lowest BCUT2D eigenvalue weighted by molar-refractivity contribution is 0.285. The normalized spacial score (nSPS) is 17.7. The molecule has 0 unspecified atom stereocenters. The van der Waals surface area contributed by atoms with E-state index in [-0.39, 0.29) is 6.61 Å². The van der Waals surface area contributed by atoms with Gasteiger partial charge in [-0.25, -0.2) is 4.98 Å². The van der Waals surface area contributed by atoms with Gasteiger partial charge in [0.2, 0.25) is 0 Å². The van der Waals surface area contributed by atoms with E-state index >= 15 is 0 Å². The lowest BCUT2D eigenvalue weighted by atomic mass is 10.5. The third-order valence-corrected chi connectivity index (χ3v) is 2.80. The lowest BCUT2D eigenvalue weighted by Crippen LogP contribution is -1.70. The largest absolute Gasteiger partial charge is 0.391 e. The number of nitrogens with zero attached hydrogens (tertiary/aromatic N) is 1. The maximum atomic E-state index is 8.72. The van der Waals surface area contributed by atoms with Gasteiger partial charge in [-0.3, -0.25) is 0 Å². The predicted octanol–water partition coefficient (Wildman–Crippen LogP) is 1.51. The Hall–Kier alpha value is -0.410. The van der Waals surface area contributed by atoms with Crippen molar-refractivity contribution in [1.29, 1.82) is 0 Å². The molecule has 0 spiro atoms. The zero-order valence-electron chi connectivity index (χ0n) is 5.58. The zero-order valence-corrected chi connectivity index (χ0v) is 6.40. The van der Waals surface area contributed by atoms with Crippen LogP contribution in [0.4, 0.5) is 0 Å². The first kappa shape index (κ1) is 6.31. The summed E-state index contributed by atoms with van der Waals surface area (Å²) in [7, 11) is 0. The van der Waals surface area contributed by atoms with Gasteiger partial charge < -0.3 is 5.11 Å². The fourth-order valence-electron chi connectivity index (χ4n) is 0.915. The summed E-state index contributed by atoms with van der Waals surface area (Å²) in [6.45, 7) is 0.143. The van der Waals surface area contributed by atoms with Crippen molar-refractivity contribution in [2.45, 2.75) is 25.4 Å². The second-order valence-electron chi connectivity index (χ2n) is 2.60. The van der Waals surface area contributed by atoms with E-state index < -0.39 is 0 Å². The van der Waals surface area contributed by atoms with Crippen molar-refractivity contribution < 1.29 is 5.11 Å². The maximum absolute atomic E-state index is 8.72. The van der Waals surface area contributed by atoms with Crippen LogP contribution in [0.1, 0.15) is 28.6 Å². The fraction of sp³-hybridized carbons (Fsp3) is 0.571. The van der Waals surface area contributed by atoms with Crippen molar-refractivity contribution in [1.82, 2.24) is 4.98 Å². The summed E-state index contributed by atoms with van der Waals surface area (Å²) in [6, 6.07) is 0. The molecule has 1 saturated carbocycles. The van der Waals surface area contributed by atoms with Crippen LogP contribution in [0.15, 0.2) is 6.20 Å². The Morgan fingerprint density at radius 3 is 3.00 bits per heavy atom. The summed E-state index contributed by atoms with van der Waals surface area (Å²) >= 11 is 1.64. The summed E-state index contributed by atoms with van der Waals surface area (Å²) in [5.74, 6) is 0.727.